The maximum absolute atomic E-state index is 13.7. The van der Waals surface area contributed by atoms with Crippen LogP contribution < -0.4 is 16.4 Å². The second-order valence-electron chi connectivity index (χ2n) is 9.87. The van der Waals surface area contributed by atoms with E-state index in [-0.39, 0.29) is 49.6 Å². The van der Waals surface area contributed by atoms with E-state index in [1.807, 2.05) is 19.9 Å². The zero-order chi connectivity index (χ0) is 25.4. The molecule has 1 aromatic carbocycles. The van der Waals surface area contributed by atoms with Crippen LogP contribution in [-0.4, -0.2) is 65.5 Å². The fraction of sp³-hybridized carbons (Fsp3) is 0.667. The number of hydrogen-bond donors (Lipinski definition) is 4. The first kappa shape index (κ1) is 30.2. The second-order valence-corrected chi connectivity index (χ2v) is 9.87. The van der Waals surface area contributed by atoms with Crippen molar-refractivity contribution in [3.63, 3.8) is 0 Å². The van der Waals surface area contributed by atoms with Gasteiger partial charge in [0, 0.05) is 25.4 Å². The van der Waals surface area contributed by atoms with E-state index in [4.69, 9.17) is 5.73 Å². The Morgan fingerprint density at radius 1 is 1.14 bits per heavy atom. The number of aliphatic hydroxyl groups is 1. The highest BCUT2D eigenvalue weighted by atomic mass is 35.5. The molecule has 3 rings (SSSR count). The summed E-state index contributed by atoms with van der Waals surface area (Å²) in [6.07, 6.45) is 6.42. The van der Waals surface area contributed by atoms with Crippen molar-refractivity contribution in [2.24, 2.45) is 11.7 Å². The summed E-state index contributed by atoms with van der Waals surface area (Å²) >= 11 is 0. The van der Waals surface area contributed by atoms with Gasteiger partial charge in [-0.25, -0.2) is 0 Å². The van der Waals surface area contributed by atoms with Gasteiger partial charge in [0.2, 0.25) is 17.7 Å². The minimum absolute atomic E-state index is 0. The molecule has 2 aliphatic rings. The number of halogens is 1. The van der Waals surface area contributed by atoms with Gasteiger partial charge in [-0.2, -0.15) is 0 Å². The summed E-state index contributed by atoms with van der Waals surface area (Å²) in [4.78, 5) is 42.1. The molecule has 3 amide bonds. The molecule has 8 nitrogen and oxygen atoms in total. The summed E-state index contributed by atoms with van der Waals surface area (Å²) < 4.78 is 0. The van der Waals surface area contributed by atoms with Crippen molar-refractivity contribution < 1.29 is 19.5 Å². The van der Waals surface area contributed by atoms with Crippen LogP contribution in [0.3, 0.4) is 0 Å². The number of nitrogens with one attached hydrogen (secondary N) is 2. The van der Waals surface area contributed by atoms with Gasteiger partial charge >= 0.3 is 0 Å². The van der Waals surface area contributed by atoms with Gasteiger partial charge in [-0.15, -0.1) is 12.4 Å². The van der Waals surface area contributed by atoms with Crippen molar-refractivity contribution in [1.29, 1.82) is 0 Å². The van der Waals surface area contributed by atoms with Crippen molar-refractivity contribution in [1.82, 2.24) is 15.5 Å². The van der Waals surface area contributed by atoms with E-state index in [0.29, 0.717) is 25.8 Å². The summed E-state index contributed by atoms with van der Waals surface area (Å²) in [5, 5.41) is 15.8. The molecule has 0 spiro atoms. The smallest absolute Gasteiger partial charge is 0.247 e. The van der Waals surface area contributed by atoms with Gasteiger partial charge in [-0.05, 0) is 74.6 Å². The van der Waals surface area contributed by atoms with Gasteiger partial charge in [0.05, 0.1) is 12.1 Å². The first-order valence-corrected chi connectivity index (χ1v) is 13.3. The molecule has 36 heavy (non-hydrogen) atoms. The summed E-state index contributed by atoms with van der Waals surface area (Å²) in [5.41, 5.74) is 9.06. The monoisotopic (exact) mass is 522 g/mol. The number of amides is 3. The minimum atomic E-state index is -0.996. The molecule has 202 valence electrons. The highest BCUT2D eigenvalue weighted by Crippen LogP contribution is 2.25. The third-order valence-corrected chi connectivity index (χ3v) is 7.41. The zero-order valence-electron chi connectivity index (χ0n) is 21.6. The molecule has 1 unspecified atom stereocenters. The number of hydrogen-bond acceptors (Lipinski definition) is 6. The van der Waals surface area contributed by atoms with Crippen LogP contribution in [0.1, 0.15) is 69.1 Å². The summed E-state index contributed by atoms with van der Waals surface area (Å²) in [6, 6.07) is 4.79. The first-order valence-electron chi connectivity index (χ1n) is 13.3. The predicted octanol–water partition coefficient (Wildman–Crippen LogP) is 1.88. The molecule has 3 atom stereocenters. The molecule has 1 fully saturated rings. The number of rotatable bonds is 11. The number of nitrogens with two attached hydrogens (primary N) is 1. The lowest BCUT2D eigenvalue weighted by Gasteiger charge is -2.34. The highest BCUT2D eigenvalue weighted by Gasteiger charge is 2.40. The molecule has 0 bridgehead atoms. The average molecular weight is 523 g/mol. The van der Waals surface area contributed by atoms with Crippen LogP contribution in [0.5, 0.6) is 0 Å². The molecule has 1 aromatic rings. The Labute approximate surface area is 221 Å². The molecule has 0 radical (unpaired) electrons. The standard InChI is InChI=1S/C27H42N4O4.ClH/c1-3-19(4-2)26(34)31(27(35)23-10-7-13-29-23)24(25(33)30-17-22(32)16-28)15-18-11-12-20-8-5-6-9-21(20)14-18;/h11-12,14,19,22-24,29,32H,3-10,13,15-17,28H2,1-2H3,(H,30,33);1H/t22?,23-,24+;/m0./s1. The van der Waals surface area contributed by atoms with Gasteiger partial charge in [0.15, 0.2) is 0 Å². The van der Waals surface area contributed by atoms with Crippen molar-refractivity contribution in [2.75, 3.05) is 19.6 Å². The van der Waals surface area contributed by atoms with Crippen LogP contribution >= 0.6 is 12.4 Å². The van der Waals surface area contributed by atoms with E-state index in [0.717, 1.165) is 31.2 Å². The fourth-order valence-electron chi connectivity index (χ4n) is 5.17. The normalized spacial score (nSPS) is 18.6. The summed E-state index contributed by atoms with van der Waals surface area (Å²) in [7, 11) is 0. The van der Waals surface area contributed by atoms with E-state index < -0.39 is 24.1 Å². The van der Waals surface area contributed by atoms with Gasteiger partial charge in [-0.1, -0.05) is 32.0 Å². The Hall–Kier alpha value is -2.00. The Kier molecular flexibility index (Phi) is 12.3. The van der Waals surface area contributed by atoms with E-state index >= 15 is 0 Å². The number of aryl methyl sites for hydroxylation is 2. The number of carbonyl (C=O) groups excluding carboxylic acids is 3. The molecular weight excluding hydrogens is 480 g/mol. The van der Waals surface area contributed by atoms with Crippen molar-refractivity contribution >= 4 is 30.1 Å². The minimum Gasteiger partial charge on any atom is -0.390 e. The Balaban J connectivity index is 0.00000456. The van der Waals surface area contributed by atoms with Crippen molar-refractivity contribution in [3.05, 3.63) is 34.9 Å². The van der Waals surface area contributed by atoms with Gasteiger partial charge in [0.25, 0.3) is 0 Å². The molecular formula is C27H43ClN4O4. The average Bonchev–Trinajstić information content (AvgIpc) is 3.42. The molecule has 1 heterocycles. The topological polar surface area (TPSA) is 125 Å². The lowest BCUT2D eigenvalue weighted by Crippen LogP contribution is -2.59. The molecule has 1 aliphatic heterocycles. The molecule has 1 aliphatic carbocycles. The van der Waals surface area contributed by atoms with E-state index in [2.05, 4.69) is 22.8 Å². The number of carbonyl (C=O) groups is 3. The number of imide groups is 1. The SMILES string of the molecule is CCC(CC)C(=O)N(C(=O)[C@@H]1CCCN1)[C@H](Cc1ccc2c(c1)CCCC2)C(=O)NCC(O)CN.Cl. The van der Waals surface area contributed by atoms with Crippen LogP contribution in [0.4, 0.5) is 0 Å². The third kappa shape index (κ3) is 7.51. The van der Waals surface area contributed by atoms with Crippen LogP contribution in [-0.2, 0) is 33.6 Å². The van der Waals surface area contributed by atoms with Gasteiger partial charge in [0.1, 0.15) is 6.04 Å². The Morgan fingerprint density at radius 2 is 1.83 bits per heavy atom. The highest BCUT2D eigenvalue weighted by molar-refractivity contribution is 6.03. The maximum atomic E-state index is 13.7. The lowest BCUT2D eigenvalue weighted by atomic mass is 9.89. The van der Waals surface area contributed by atoms with Crippen LogP contribution in [0.15, 0.2) is 18.2 Å². The van der Waals surface area contributed by atoms with E-state index in [1.54, 1.807) is 0 Å². The summed E-state index contributed by atoms with van der Waals surface area (Å²) in [5.74, 6) is -1.42. The maximum Gasteiger partial charge on any atom is 0.247 e. The fourth-order valence-corrected chi connectivity index (χ4v) is 5.17. The van der Waals surface area contributed by atoms with Crippen molar-refractivity contribution in [3.8, 4) is 0 Å². The second kappa shape index (κ2) is 14.7. The van der Waals surface area contributed by atoms with Crippen LogP contribution in [0.25, 0.3) is 0 Å². The number of fused-ring (bicyclic) bond motifs is 1. The Morgan fingerprint density at radius 3 is 2.44 bits per heavy atom. The van der Waals surface area contributed by atoms with E-state index in [9.17, 15) is 19.5 Å². The van der Waals surface area contributed by atoms with Crippen LogP contribution in [0, 0.1) is 5.92 Å². The predicted molar refractivity (Wildman–Crippen MR) is 143 cm³/mol. The summed E-state index contributed by atoms with van der Waals surface area (Å²) in [6.45, 7) is 4.56. The number of aliphatic hydroxyl groups excluding tert-OH is 1. The quantitative estimate of drug-likeness (QED) is 0.351. The zero-order valence-corrected chi connectivity index (χ0v) is 22.4. The molecule has 0 saturated carbocycles. The van der Waals surface area contributed by atoms with Gasteiger partial charge in [-0.3, -0.25) is 19.3 Å². The Bertz CT molecular complexity index is 873. The third-order valence-electron chi connectivity index (χ3n) is 7.41. The largest absolute Gasteiger partial charge is 0.390 e. The molecule has 1 saturated heterocycles. The molecule has 9 heteroatoms. The van der Waals surface area contributed by atoms with Crippen LogP contribution in [0.2, 0.25) is 0 Å². The van der Waals surface area contributed by atoms with Crippen molar-refractivity contribution in [2.45, 2.75) is 89.8 Å². The first-order chi connectivity index (χ1) is 16.9. The van der Waals surface area contributed by atoms with E-state index in [1.165, 1.54) is 22.4 Å². The van der Waals surface area contributed by atoms with Gasteiger partial charge < -0.3 is 21.5 Å². The number of nitrogens with zero attached hydrogens (tertiary/aromatic N) is 1. The molecule has 0 aromatic heterocycles. The molecule has 5 N–H and O–H groups in total. The lowest BCUT2D eigenvalue weighted by molar-refractivity contribution is -0.155. The number of benzene rings is 1.